The van der Waals surface area contributed by atoms with Crippen molar-refractivity contribution >= 4 is 0 Å². The molecular formula is C12H13NO3. The van der Waals surface area contributed by atoms with Gasteiger partial charge in [0.05, 0.1) is 31.5 Å². The highest BCUT2D eigenvalue weighted by atomic mass is 16.7. The molecule has 0 saturated carbocycles. The number of benzene rings is 1. The van der Waals surface area contributed by atoms with E-state index in [0.29, 0.717) is 25.4 Å². The molecule has 84 valence electrons. The SMILES string of the molecule is N#Cc1ccc(OCCC2OCCO2)cc1. The number of nitriles is 1. The first-order valence-corrected chi connectivity index (χ1v) is 5.24. The van der Waals surface area contributed by atoms with Crippen molar-refractivity contribution in [1.82, 2.24) is 0 Å². The van der Waals surface area contributed by atoms with Gasteiger partial charge in [-0.15, -0.1) is 0 Å². The lowest BCUT2D eigenvalue weighted by Crippen LogP contribution is -2.12. The molecular weight excluding hydrogens is 206 g/mol. The number of nitrogens with zero attached hydrogens (tertiary/aromatic N) is 1. The summed E-state index contributed by atoms with van der Waals surface area (Å²) in [6, 6.07) is 9.10. The van der Waals surface area contributed by atoms with E-state index in [0.717, 1.165) is 12.2 Å². The Morgan fingerprint density at radius 3 is 2.56 bits per heavy atom. The lowest BCUT2D eigenvalue weighted by atomic mass is 10.2. The molecule has 16 heavy (non-hydrogen) atoms. The van der Waals surface area contributed by atoms with Gasteiger partial charge in [-0.05, 0) is 24.3 Å². The minimum atomic E-state index is -0.126. The fourth-order valence-electron chi connectivity index (χ4n) is 1.47. The van der Waals surface area contributed by atoms with Crippen molar-refractivity contribution in [2.24, 2.45) is 0 Å². The van der Waals surface area contributed by atoms with Gasteiger partial charge in [0.2, 0.25) is 0 Å². The van der Waals surface area contributed by atoms with E-state index in [1.165, 1.54) is 0 Å². The Morgan fingerprint density at radius 1 is 1.25 bits per heavy atom. The zero-order chi connectivity index (χ0) is 11.2. The average Bonchev–Trinajstić information content (AvgIpc) is 2.83. The summed E-state index contributed by atoms with van der Waals surface area (Å²) in [5.41, 5.74) is 0.634. The zero-order valence-corrected chi connectivity index (χ0v) is 8.89. The Morgan fingerprint density at radius 2 is 1.94 bits per heavy atom. The van der Waals surface area contributed by atoms with Gasteiger partial charge in [-0.1, -0.05) is 0 Å². The van der Waals surface area contributed by atoms with E-state index in [1.807, 2.05) is 0 Å². The van der Waals surface area contributed by atoms with Gasteiger partial charge < -0.3 is 14.2 Å². The second-order valence-electron chi connectivity index (χ2n) is 3.44. The normalized spacial score (nSPS) is 15.9. The van der Waals surface area contributed by atoms with Crippen LogP contribution in [0.5, 0.6) is 5.75 Å². The number of rotatable bonds is 4. The maximum Gasteiger partial charge on any atom is 0.161 e. The molecule has 0 amide bonds. The molecule has 4 nitrogen and oxygen atoms in total. The third-order valence-corrected chi connectivity index (χ3v) is 2.30. The van der Waals surface area contributed by atoms with E-state index in [9.17, 15) is 0 Å². The Hall–Kier alpha value is -1.57. The molecule has 0 bridgehead atoms. The molecule has 1 aliphatic rings. The van der Waals surface area contributed by atoms with Crippen LogP contribution in [0.4, 0.5) is 0 Å². The highest BCUT2D eigenvalue weighted by Gasteiger charge is 2.15. The summed E-state index contributed by atoms with van der Waals surface area (Å²) in [6.45, 7) is 1.89. The maximum atomic E-state index is 8.62. The molecule has 1 aliphatic heterocycles. The summed E-state index contributed by atoms with van der Waals surface area (Å²) in [6.07, 6.45) is 0.596. The molecule has 1 saturated heterocycles. The van der Waals surface area contributed by atoms with Crippen molar-refractivity contribution in [2.75, 3.05) is 19.8 Å². The van der Waals surface area contributed by atoms with Gasteiger partial charge in [0.1, 0.15) is 5.75 Å². The fourth-order valence-corrected chi connectivity index (χ4v) is 1.47. The van der Waals surface area contributed by atoms with E-state index in [2.05, 4.69) is 6.07 Å². The molecule has 0 aromatic heterocycles. The molecule has 2 rings (SSSR count). The van der Waals surface area contributed by atoms with Crippen molar-refractivity contribution < 1.29 is 14.2 Å². The third kappa shape index (κ3) is 2.96. The average molecular weight is 219 g/mol. The van der Waals surface area contributed by atoms with Crippen LogP contribution in [0, 0.1) is 11.3 Å². The Kier molecular flexibility index (Phi) is 3.76. The minimum absolute atomic E-state index is 0.126. The van der Waals surface area contributed by atoms with Crippen LogP contribution >= 0.6 is 0 Å². The summed E-state index contributed by atoms with van der Waals surface area (Å²) in [7, 11) is 0. The van der Waals surface area contributed by atoms with E-state index in [1.54, 1.807) is 24.3 Å². The van der Waals surface area contributed by atoms with E-state index in [-0.39, 0.29) is 6.29 Å². The molecule has 0 spiro atoms. The van der Waals surface area contributed by atoms with Gasteiger partial charge in [-0.2, -0.15) is 5.26 Å². The van der Waals surface area contributed by atoms with Crippen LogP contribution in [-0.4, -0.2) is 26.1 Å². The highest BCUT2D eigenvalue weighted by Crippen LogP contribution is 2.13. The van der Waals surface area contributed by atoms with E-state index in [4.69, 9.17) is 19.5 Å². The molecule has 4 heteroatoms. The fraction of sp³-hybridized carbons (Fsp3) is 0.417. The van der Waals surface area contributed by atoms with Crippen LogP contribution < -0.4 is 4.74 Å². The van der Waals surface area contributed by atoms with Crippen molar-refractivity contribution in [3.63, 3.8) is 0 Å². The first-order valence-electron chi connectivity index (χ1n) is 5.24. The molecule has 0 N–H and O–H groups in total. The number of ether oxygens (including phenoxy) is 3. The number of hydrogen-bond donors (Lipinski definition) is 0. The zero-order valence-electron chi connectivity index (χ0n) is 8.89. The van der Waals surface area contributed by atoms with Gasteiger partial charge in [0.25, 0.3) is 0 Å². The molecule has 0 aliphatic carbocycles. The first kappa shape index (κ1) is 10.9. The smallest absolute Gasteiger partial charge is 0.161 e. The Labute approximate surface area is 94.3 Å². The predicted molar refractivity (Wildman–Crippen MR) is 57.0 cm³/mol. The molecule has 0 unspecified atom stereocenters. The van der Waals surface area contributed by atoms with Gasteiger partial charge in [0, 0.05) is 6.42 Å². The second-order valence-corrected chi connectivity index (χ2v) is 3.44. The summed E-state index contributed by atoms with van der Waals surface area (Å²) >= 11 is 0. The van der Waals surface area contributed by atoms with Gasteiger partial charge in [-0.3, -0.25) is 0 Å². The third-order valence-electron chi connectivity index (χ3n) is 2.30. The van der Waals surface area contributed by atoms with Gasteiger partial charge >= 0.3 is 0 Å². The molecule has 1 heterocycles. The Balaban J connectivity index is 1.74. The molecule has 0 radical (unpaired) electrons. The number of hydrogen-bond acceptors (Lipinski definition) is 4. The minimum Gasteiger partial charge on any atom is -0.493 e. The summed E-state index contributed by atoms with van der Waals surface area (Å²) in [4.78, 5) is 0. The van der Waals surface area contributed by atoms with Crippen molar-refractivity contribution in [2.45, 2.75) is 12.7 Å². The summed E-state index contributed by atoms with van der Waals surface area (Å²) < 4.78 is 16.1. The molecule has 0 atom stereocenters. The van der Waals surface area contributed by atoms with Crippen LogP contribution in [0.3, 0.4) is 0 Å². The quantitative estimate of drug-likeness (QED) is 0.773. The van der Waals surface area contributed by atoms with Crippen molar-refractivity contribution in [3.05, 3.63) is 29.8 Å². The molecule has 1 fully saturated rings. The predicted octanol–water partition coefficient (Wildman–Crippen LogP) is 1.70. The van der Waals surface area contributed by atoms with Crippen molar-refractivity contribution in [3.8, 4) is 11.8 Å². The Bertz CT molecular complexity index is 363. The topological polar surface area (TPSA) is 51.5 Å². The van der Waals surface area contributed by atoms with Crippen LogP contribution in [0.15, 0.2) is 24.3 Å². The summed E-state index contributed by atoms with van der Waals surface area (Å²) in [5, 5.41) is 8.62. The van der Waals surface area contributed by atoms with Crippen LogP contribution in [0.2, 0.25) is 0 Å². The monoisotopic (exact) mass is 219 g/mol. The van der Waals surface area contributed by atoms with Crippen molar-refractivity contribution in [1.29, 1.82) is 5.26 Å². The largest absolute Gasteiger partial charge is 0.493 e. The standard InChI is InChI=1S/C12H13NO3/c13-9-10-1-3-11(4-2-10)14-6-5-12-15-7-8-16-12/h1-4,12H,5-8H2. The van der Waals surface area contributed by atoms with E-state index < -0.39 is 0 Å². The molecule has 1 aromatic carbocycles. The lowest BCUT2D eigenvalue weighted by molar-refractivity contribution is -0.0531. The first-order chi connectivity index (χ1) is 7.88. The maximum absolute atomic E-state index is 8.62. The highest BCUT2D eigenvalue weighted by molar-refractivity contribution is 5.34. The summed E-state index contributed by atoms with van der Waals surface area (Å²) in [5.74, 6) is 0.761. The molecule has 1 aromatic rings. The van der Waals surface area contributed by atoms with E-state index >= 15 is 0 Å². The van der Waals surface area contributed by atoms with Gasteiger partial charge in [-0.25, -0.2) is 0 Å². The second kappa shape index (κ2) is 5.50. The van der Waals surface area contributed by atoms with Gasteiger partial charge in [0.15, 0.2) is 6.29 Å². The van der Waals surface area contributed by atoms with Crippen LogP contribution in [0.25, 0.3) is 0 Å². The van der Waals surface area contributed by atoms with Crippen LogP contribution in [0.1, 0.15) is 12.0 Å². The van der Waals surface area contributed by atoms with Crippen LogP contribution in [-0.2, 0) is 9.47 Å². The lowest BCUT2D eigenvalue weighted by Gasteiger charge is -2.10.